The Morgan fingerprint density at radius 1 is 1.16 bits per heavy atom. The molecule has 0 aromatic heterocycles. The molecule has 1 rings (SSSR count). The normalized spacial score (nSPS) is 9.95. The van der Waals surface area contributed by atoms with Crippen LogP contribution < -0.4 is 10.1 Å². The maximum atomic E-state index is 9.09. The number of nitrogens with one attached hydrogen (secondary N) is 1. The number of methoxy groups -OCH3 is 1. The van der Waals surface area contributed by atoms with E-state index in [1.165, 1.54) is 32.1 Å². The average Bonchev–Trinajstić information content (AvgIpc) is 2.46. The van der Waals surface area contributed by atoms with Crippen LogP contribution in [0.15, 0.2) is 18.2 Å². The van der Waals surface area contributed by atoms with E-state index in [2.05, 4.69) is 18.3 Å². The Kier molecular flexibility index (Phi) is 7.50. The van der Waals surface area contributed by atoms with Gasteiger partial charge >= 0.3 is 0 Å². The van der Waals surface area contributed by atoms with Crippen molar-refractivity contribution in [2.75, 3.05) is 19.0 Å². The molecule has 0 radical (unpaired) electrons. The summed E-state index contributed by atoms with van der Waals surface area (Å²) in [5, 5.41) is 12.4. The molecule has 0 saturated heterocycles. The Balaban J connectivity index is 2.38. The fourth-order valence-corrected chi connectivity index (χ4v) is 2.10. The summed E-state index contributed by atoms with van der Waals surface area (Å²) in [4.78, 5) is 0. The first-order chi connectivity index (χ1) is 9.33. The summed E-state index contributed by atoms with van der Waals surface area (Å²) in [6.45, 7) is 3.12. The number of rotatable bonds is 9. The van der Waals surface area contributed by atoms with Crippen LogP contribution in [0, 0.1) is 11.3 Å². The van der Waals surface area contributed by atoms with Gasteiger partial charge in [-0.1, -0.05) is 45.1 Å². The molecule has 3 heteroatoms. The van der Waals surface area contributed by atoms with E-state index in [1.807, 2.05) is 18.2 Å². The molecule has 1 N–H and O–H groups in total. The zero-order valence-corrected chi connectivity index (χ0v) is 12.0. The highest BCUT2D eigenvalue weighted by molar-refractivity contribution is 5.66. The first-order valence-corrected chi connectivity index (χ1v) is 7.14. The van der Waals surface area contributed by atoms with Crippen LogP contribution in [-0.4, -0.2) is 13.7 Å². The van der Waals surface area contributed by atoms with E-state index in [-0.39, 0.29) is 0 Å². The number of unbranched alkanes of at least 4 members (excludes halogenated alkanes) is 5. The molecule has 104 valence electrons. The number of nitriles is 1. The lowest BCUT2D eigenvalue weighted by Crippen LogP contribution is -2.05. The average molecular weight is 260 g/mol. The summed E-state index contributed by atoms with van der Waals surface area (Å²) in [5.41, 5.74) is 1.46. The first kappa shape index (κ1) is 15.4. The van der Waals surface area contributed by atoms with Crippen molar-refractivity contribution in [1.82, 2.24) is 0 Å². The second-order valence-electron chi connectivity index (χ2n) is 4.69. The summed E-state index contributed by atoms with van der Waals surface area (Å²) in [5.74, 6) is 0.741. The van der Waals surface area contributed by atoms with Gasteiger partial charge in [-0.2, -0.15) is 5.26 Å². The topological polar surface area (TPSA) is 45.0 Å². The monoisotopic (exact) mass is 260 g/mol. The van der Waals surface area contributed by atoms with Crippen LogP contribution in [0.4, 0.5) is 5.69 Å². The molecule has 0 aliphatic heterocycles. The van der Waals surface area contributed by atoms with Crippen LogP contribution in [0.2, 0.25) is 0 Å². The smallest absolute Gasteiger partial charge is 0.143 e. The molecular formula is C16H24N2O. The van der Waals surface area contributed by atoms with Crippen LogP contribution in [-0.2, 0) is 0 Å². The second-order valence-corrected chi connectivity index (χ2v) is 4.69. The zero-order valence-electron chi connectivity index (χ0n) is 12.0. The van der Waals surface area contributed by atoms with Crippen molar-refractivity contribution in [1.29, 1.82) is 5.26 Å². The Hall–Kier alpha value is -1.69. The van der Waals surface area contributed by atoms with E-state index in [4.69, 9.17) is 10.00 Å². The van der Waals surface area contributed by atoms with Crippen molar-refractivity contribution < 1.29 is 4.74 Å². The second kappa shape index (κ2) is 9.27. The lowest BCUT2D eigenvalue weighted by Gasteiger charge is -2.12. The molecule has 0 atom stereocenters. The number of nitrogens with zero attached hydrogens (tertiary/aromatic N) is 1. The van der Waals surface area contributed by atoms with Gasteiger partial charge in [0.05, 0.1) is 18.4 Å². The van der Waals surface area contributed by atoms with Crippen LogP contribution >= 0.6 is 0 Å². The SMILES string of the molecule is CCCCCCCCNc1c(C#N)cccc1OC. The Bertz CT molecular complexity index is 410. The molecule has 0 bridgehead atoms. The van der Waals surface area contributed by atoms with Gasteiger partial charge < -0.3 is 10.1 Å². The predicted molar refractivity (Wildman–Crippen MR) is 79.6 cm³/mol. The lowest BCUT2D eigenvalue weighted by atomic mass is 10.1. The third-order valence-corrected chi connectivity index (χ3v) is 3.20. The zero-order chi connectivity index (χ0) is 13.9. The van der Waals surface area contributed by atoms with Crippen LogP contribution in [0.25, 0.3) is 0 Å². The molecule has 19 heavy (non-hydrogen) atoms. The molecule has 0 amide bonds. The predicted octanol–water partition coefficient (Wildman–Crippen LogP) is 4.34. The summed E-state index contributed by atoms with van der Waals surface area (Å²) >= 11 is 0. The van der Waals surface area contributed by atoms with E-state index in [0.29, 0.717) is 5.56 Å². The summed E-state index contributed by atoms with van der Waals surface area (Å²) in [6.07, 6.45) is 7.61. The molecule has 1 aromatic carbocycles. The molecular weight excluding hydrogens is 236 g/mol. The maximum Gasteiger partial charge on any atom is 0.143 e. The molecule has 0 unspecified atom stereocenters. The Morgan fingerprint density at radius 3 is 2.58 bits per heavy atom. The minimum absolute atomic E-state index is 0.644. The highest BCUT2D eigenvalue weighted by atomic mass is 16.5. The molecule has 0 aliphatic rings. The number of hydrogen-bond acceptors (Lipinski definition) is 3. The van der Waals surface area contributed by atoms with Gasteiger partial charge in [0.15, 0.2) is 0 Å². The minimum Gasteiger partial charge on any atom is -0.495 e. The number of anilines is 1. The van der Waals surface area contributed by atoms with Crippen LogP contribution in [0.1, 0.15) is 51.0 Å². The molecule has 0 fully saturated rings. The molecule has 0 saturated carbocycles. The molecule has 0 heterocycles. The van der Waals surface area contributed by atoms with E-state index < -0.39 is 0 Å². The van der Waals surface area contributed by atoms with Gasteiger partial charge in [-0.3, -0.25) is 0 Å². The van der Waals surface area contributed by atoms with Crippen molar-refractivity contribution in [2.45, 2.75) is 45.4 Å². The fraction of sp³-hybridized carbons (Fsp3) is 0.562. The number of ether oxygens (including phenoxy) is 1. The third kappa shape index (κ3) is 5.21. The highest BCUT2D eigenvalue weighted by Crippen LogP contribution is 2.27. The van der Waals surface area contributed by atoms with E-state index in [1.54, 1.807) is 7.11 Å². The van der Waals surface area contributed by atoms with Gasteiger partial charge in [0.2, 0.25) is 0 Å². The molecule has 0 spiro atoms. The van der Waals surface area contributed by atoms with Crippen molar-refractivity contribution in [2.24, 2.45) is 0 Å². The third-order valence-electron chi connectivity index (χ3n) is 3.20. The van der Waals surface area contributed by atoms with Crippen molar-refractivity contribution in [3.05, 3.63) is 23.8 Å². The van der Waals surface area contributed by atoms with Gasteiger partial charge in [0.1, 0.15) is 11.8 Å². The first-order valence-electron chi connectivity index (χ1n) is 7.14. The molecule has 0 aliphatic carbocycles. The van der Waals surface area contributed by atoms with Crippen molar-refractivity contribution >= 4 is 5.69 Å². The van der Waals surface area contributed by atoms with Gasteiger partial charge in [-0.05, 0) is 18.6 Å². The fourth-order valence-electron chi connectivity index (χ4n) is 2.10. The summed E-state index contributed by atoms with van der Waals surface area (Å²) in [7, 11) is 1.63. The van der Waals surface area contributed by atoms with Gasteiger partial charge in [-0.25, -0.2) is 0 Å². The maximum absolute atomic E-state index is 9.09. The van der Waals surface area contributed by atoms with E-state index in [0.717, 1.165) is 24.4 Å². The Morgan fingerprint density at radius 2 is 1.89 bits per heavy atom. The van der Waals surface area contributed by atoms with Crippen LogP contribution in [0.3, 0.4) is 0 Å². The summed E-state index contributed by atoms with van der Waals surface area (Å²) < 4.78 is 5.28. The van der Waals surface area contributed by atoms with Crippen molar-refractivity contribution in [3.8, 4) is 11.8 Å². The number of hydrogen-bond donors (Lipinski definition) is 1. The van der Waals surface area contributed by atoms with Gasteiger partial charge in [0, 0.05) is 6.54 Å². The lowest BCUT2D eigenvalue weighted by molar-refractivity contribution is 0.416. The van der Waals surface area contributed by atoms with Gasteiger partial charge in [-0.15, -0.1) is 0 Å². The number of benzene rings is 1. The number of para-hydroxylation sites is 1. The van der Waals surface area contributed by atoms with Gasteiger partial charge in [0.25, 0.3) is 0 Å². The minimum atomic E-state index is 0.644. The summed E-state index contributed by atoms with van der Waals surface area (Å²) in [6, 6.07) is 7.73. The quantitative estimate of drug-likeness (QED) is 0.672. The van der Waals surface area contributed by atoms with Crippen LogP contribution in [0.5, 0.6) is 5.75 Å². The van der Waals surface area contributed by atoms with Crippen molar-refractivity contribution in [3.63, 3.8) is 0 Å². The molecule has 3 nitrogen and oxygen atoms in total. The largest absolute Gasteiger partial charge is 0.495 e. The highest BCUT2D eigenvalue weighted by Gasteiger charge is 2.07. The molecule has 1 aromatic rings. The standard InChI is InChI=1S/C16H24N2O/c1-3-4-5-6-7-8-12-18-16-14(13-17)10-9-11-15(16)19-2/h9-11,18H,3-8,12H2,1-2H3. The van der Waals surface area contributed by atoms with E-state index in [9.17, 15) is 0 Å². The Labute approximate surface area is 116 Å². The van der Waals surface area contributed by atoms with E-state index >= 15 is 0 Å².